The number of nitriles is 1. The number of rotatable bonds is 7. The molecule has 2 rings (SSSR count). The lowest BCUT2D eigenvalue weighted by Crippen LogP contribution is -2.26. The number of carbonyl (C=O) groups is 1. The molecule has 0 fully saturated rings. The minimum absolute atomic E-state index is 0.0728. The van der Waals surface area contributed by atoms with E-state index < -0.39 is 0 Å². The molecule has 4 heteroatoms. The van der Waals surface area contributed by atoms with E-state index in [1.165, 1.54) is 0 Å². The fourth-order valence-corrected chi connectivity index (χ4v) is 2.54. The van der Waals surface area contributed by atoms with Crippen LogP contribution < -0.4 is 4.74 Å². The van der Waals surface area contributed by atoms with Crippen molar-refractivity contribution in [3.05, 3.63) is 65.2 Å². The van der Waals surface area contributed by atoms with Crippen molar-refractivity contribution in [2.24, 2.45) is 0 Å². The summed E-state index contributed by atoms with van der Waals surface area (Å²) in [5.41, 5.74) is 2.62. The van der Waals surface area contributed by atoms with Gasteiger partial charge in [0.2, 0.25) is 5.91 Å². The van der Waals surface area contributed by atoms with Crippen molar-refractivity contribution < 1.29 is 9.53 Å². The Hall–Kier alpha value is -2.80. The topological polar surface area (TPSA) is 53.3 Å². The van der Waals surface area contributed by atoms with E-state index in [0.717, 1.165) is 16.9 Å². The van der Waals surface area contributed by atoms with Gasteiger partial charge in [-0.3, -0.25) is 4.79 Å². The number of hydrogen-bond donors (Lipinski definition) is 0. The zero-order valence-corrected chi connectivity index (χ0v) is 14.2. The number of hydrogen-bond acceptors (Lipinski definition) is 3. The molecule has 0 saturated heterocycles. The van der Waals surface area contributed by atoms with Crippen LogP contribution in [-0.4, -0.2) is 24.5 Å². The predicted octanol–water partition coefficient (Wildman–Crippen LogP) is 3.55. The highest BCUT2D eigenvalue weighted by Gasteiger charge is 2.11. The molecule has 4 nitrogen and oxygen atoms in total. The first-order valence-corrected chi connectivity index (χ1v) is 8.07. The van der Waals surface area contributed by atoms with Crippen molar-refractivity contribution in [1.29, 1.82) is 5.26 Å². The van der Waals surface area contributed by atoms with Gasteiger partial charge in [0.1, 0.15) is 5.75 Å². The van der Waals surface area contributed by atoms with E-state index >= 15 is 0 Å². The van der Waals surface area contributed by atoms with E-state index in [1.54, 1.807) is 18.0 Å². The number of ether oxygens (including phenoxy) is 1. The maximum absolute atomic E-state index is 12.4. The summed E-state index contributed by atoms with van der Waals surface area (Å²) in [4.78, 5) is 14.1. The van der Waals surface area contributed by atoms with Crippen LogP contribution in [0, 0.1) is 11.3 Å². The van der Waals surface area contributed by atoms with Crippen molar-refractivity contribution in [3.63, 3.8) is 0 Å². The third-order valence-corrected chi connectivity index (χ3v) is 3.78. The molecule has 0 aliphatic carbocycles. The summed E-state index contributed by atoms with van der Waals surface area (Å²) in [6, 6.07) is 17.3. The number of nitrogens with zero attached hydrogens (tertiary/aromatic N) is 2. The molecule has 2 aromatic rings. The Morgan fingerprint density at radius 1 is 1.21 bits per heavy atom. The van der Waals surface area contributed by atoms with E-state index in [2.05, 4.69) is 6.07 Å². The lowest BCUT2D eigenvalue weighted by Gasteiger charge is -2.18. The summed E-state index contributed by atoms with van der Waals surface area (Å²) in [7, 11) is 1.79. The zero-order chi connectivity index (χ0) is 17.4. The van der Waals surface area contributed by atoms with Gasteiger partial charge in [0.25, 0.3) is 0 Å². The Morgan fingerprint density at radius 3 is 2.75 bits per heavy atom. The van der Waals surface area contributed by atoms with Crippen LogP contribution in [0.25, 0.3) is 0 Å². The average Bonchev–Trinajstić information content (AvgIpc) is 2.61. The van der Waals surface area contributed by atoms with E-state index in [9.17, 15) is 4.79 Å². The molecule has 0 aromatic heterocycles. The molecular formula is C20H22N2O2. The molecule has 124 valence electrons. The number of aryl methyl sites for hydroxylation is 1. The van der Waals surface area contributed by atoms with Crippen LogP contribution >= 0.6 is 0 Å². The monoisotopic (exact) mass is 322 g/mol. The van der Waals surface area contributed by atoms with Crippen LogP contribution in [0.3, 0.4) is 0 Å². The van der Waals surface area contributed by atoms with Crippen LogP contribution in [0.2, 0.25) is 0 Å². The van der Waals surface area contributed by atoms with Gasteiger partial charge < -0.3 is 9.64 Å². The number of para-hydroxylation sites is 1. The van der Waals surface area contributed by atoms with Gasteiger partial charge in [-0.05, 0) is 42.7 Å². The van der Waals surface area contributed by atoms with Crippen molar-refractivity contribution in [3.8, 4) is 11.8 Å². The molecular weight excluding hydrogens is 300 g/mol. The van der Waals surface area contributed by atoms with Crippen molar-refractivity contribution >= 4 is 5.91 Å². The van der Waals surface area contributed by atoms with Gasteiger partial charge in [-0.25, -0.2) is 0 Å². The van der Waals surface area contributed by atoms with E-state index in [4.69, 9.17) is 10.00 Å². The Labute approximate surface area is 143 Å². The number of carbonyl (C=O) groups excluding carboxylic acids is 1. The molecule has 0 unspecified atom stereocenters. The van der Waals surface area contributed by atoms with E-state index in [-0.39, 0.29) is 5.91 Å². The number of amides is 1. The molecule has 0 N–H and O–H groups in total. The lowest BCUT2D eigenvalue weighted by atomic mass is 10.1. The zero-order valence-electron chi connectivity index (χ0n) is 14.2. The minimum Gasteiger partial charge on any atom is -0.494 e. The van der Waals surface area contributed by atoms with Gasteiger partial charge in [0, 0.05) is 20.0 Å². The largest absolute Gasteiger partial charge is 0.494 e. The normalized spacial score (nSPS) is 10.0. The molecule has 0 radical (unpaired) electrons. The quantitative estimate of drug-likeness (QED) is 0.783. The standard InChI is InChI=1S/C20H22N2O2/c1-3-24-19-10-5-4-9-18(19)11-12-20(23)22(2)15-17-8-6-7-16(13-17)14-21/h4-10,13H,3,11-12,15H2,1-2H3. The molecule has 0 bridgehead atoms. The first-order chi connectivity index (χ1) is 11.6. The molecule has 0 atom stereocenters. The van der Waals surface area contributed by atoms with E-state index in [0.29, 0.717) is 31.6 Å². The molecule has 0 aliphatic rings. The minimum atomic E-state index is 0.0728. The highest BCUT2D eigenvalue weighted by atomic mass is 16.5. The van der Waals surface area contributed by atoms with Gasteiger partial charge >= 0.3 is 0 Å². The molecule has 0 spiro atoms. The maximum Gasteiger partial charge on any atom is 0.222 e. The first-order valence-electron chi connectivity index (χ1n) is 8.07. The third-order valence-electron chi connectivity index (χ3n) is 3.78. The summed E-state index contributed by atoms with van der Waals surface area (Å²) in [5, 5.41) is 8.94. The Morgan fingerprint density at radius 2 is 2.00 bits per heavy atom. The van der Waals surface area contributed by atoms with Crippen LogP contribution in [-0.2, 0) is 17.8 Å². The summed E-state index contributed by atoms with van der Waals surface area (Å²) in [6.45, 7) is 3.06. The first kappa shape index (κ1) is 17.6. The van der Waals surface area contributed by atoms with Crippen LogP contribution in [0.1, 0.15) is 30.0 Å². The van der Waals surface area contributed by atoms with Crippen molar-refractivity contribution in [2.75, 3.05) is 13.7 Å². The maximum atomic E-state index is 12.4. The summed E-state index contributed by atoms with van der Waals surface area (Å²) in [6.07, 6.45) is 1.08. The highest BCUT2D eigenvalue weighted by molar-refractivity contribution is 5.76. The lowest BCUT2D eigenvalue weighted by molar-refractivity contribution is -0.130. The molecule has 0 heterocycles. The number of benzene rings is 2. The molecule has 1 amide bonds. The second-order valence-electron chi connectivity index (χ2n) is 5.60. The van der Waals surface area contributed by atoms with E-state index in [1.807, 2.05) is 49.4 Å². The fraction of sp³-hybridized carbons (Fsp3) is 0.300. The van der Waals surface area contributed by atoms with Gasteiger partial charge in [0.15, 0.2) is 0 Å². The van der Waals surface area contributed by atoms with Gasteiger partial charge in [0.05, 0.1) is 18.2 Å². The summed E-state index contributed by atoms with van der Waals surface area (Å²) >= 11 is 0. The van der Waals surface area contributed by atoms with Crippen LogP contribution in [0.15, 0.2) is 48.5 Å². The molecule has 0 saturated carbocycles. The highest BCUT2D eigenvalue weighted by Crippen LogP contribution is 2.20. The van der Waals surface area contributed by atoms with Crippen molar-refractivity contribution in [2.45, 2.75) is 26.3 Å². The summed E-state index contributed by atoms with van der Waals surface area (Å²) < 4.78 is 5.60. The van der Waals surface area contributed by atoms with Gasteiger partial charge in [-0.2, -0.15) is 5.26 Å². The van der Waals surface area contributed by atoms with Crippen LogP contribution in [0.4, 0.5) is 0 Å². The second kappa shape index (κ2) is 8.73. The Bertz CT molecular complexity index is 734. The second-order valence-corrected chi connectivity index (χ2v) is 5.60. The van der Waals surface area contributed by atoms with Gasteiger partial charge in [-0.1, -0.05) is 30.3 Å². The smallest absolute Gasteiger partial charge is 0.222 e. The molecule has 24 heavy (non-hydrogen) atoms. The van der Waals surface area contributed by atoms with Crippen LogP contribution in [0.5, 0.6) is 5.75 Å². The fourth-order valence-electron chi connectivity index (χ4n) is 2.54. The molecule has 0 aliphatic heterocycles. The summed E-state index contributed by atoms with van der Waals surface area (Å²) in [5.74, 6) is 0.917. The van der Waals surface area contributed by atoms with Crippen molar-refractivity contribution in [1.82, 2.24) is 4.90 Å². The third kappa shape index (κ3) is 4.85. The molecule has 2 aromatic carbocycles. The Balaban J connectivity index is 1.93. The predicted molar refractivity (Wildman–Crippen MR) is 93.6 cm³/mol. The average molecular weight is 322 g/mol. The Kier molecular flexibility index (Phi) is 6.39. The van der Waals surface area contributed by atoms with Gasteiger partial charge in [-0.15, -0.1) is 0 Å². The SMILES string of the molecule is CCOc1ccccc1CCC(=O)N(C)Cc1cccc(C#N)c1.